The van der Waals surface area contributed by atoms with Crippen LogP contribution in [0.4, 0.5) is 4.39 Å². The van der Waals surface area contributed by atoms with Gasteiger partial charge in [-0.2, -0.15) is 4.98 Å². The SMILES string of the molecule is CCCCCCCC(=O)O[C@H]1[C@@H](F)[C@H](n2ccc(C)nc2=O)O[C@@]1(CO)CN=[N+]=[N-]. The molecule has 0 amide bonds. The molecule has 0 saturated carbocycles. The van der Waals surface area contributed by atoms with E-state index in [0.29, 0.717) is 12.1 Å². The third-order valence-corrected chi connectivity index (χ3v) is 5.09. The molecule has 1 fully saturated rings. The van der Waals surface area contributed by atoms with Crippen molar-refractivity contribution in [1.82, 2.24) is 9.55 Å². The summed E-state index contributed by atoms with van der Waals surface area (Å²) in [7, 11) is 0. The minimum Gasteiger partial charge on any atom is -0.456 e. The minimum absolute atomic E-state index is 0.0899. The predicted molar refractivity (Wildman–Crippen MR) is 105 cm³/mol. The second-order valence-electron chi connectivity index (χ2n) is 7.40. The number of alkyl halides is 1. The standard InChI is InChI=1S/C19H28FN5O5/c1-3-4-5-6-7-8-14(27)29-16-15(20)17(25-10-9-13(2)23-18(25)28)30-19(16,12-26)11-22-24-21/h9-10,15-17,26H,3-8,11-12H2,1-2H3/t15-,16+,17-,19-/m1/s1. The van der Waals surface area contributed by atoms with Crippen molar-refractivity contribution in [3.63, 3.8) is 0 Å². The van der Waals surface area contributed by atoms with Crippen LogP contribution in [0.1, 0.15) is 57.4 Å². The van der Waals surface area contributed by atoms with Crippen molar-refractivity contribution in [2.45, 2.75) is 76.5 Å². The van der Waals surface area contributed by atoms with Gasteiger partial charge < -0.3 is 14.6 Å². The van der Waals surface area contributed by atoms with Crippen molar-refractivity contribution in [1.29, 1.82) is 0 Å². The first-order valence-electron chi connectivity index (χ1n) is 10.1. The van der Waals surface area contributed by atoms with Gasteiger partial charge in [-0.05, 0) is 24.9 Å². The van der Waals surface area contributed by atoms with Crippen LogP contribution in [-0.4, -0.2) is 51.7 Å². The Hall–Kier alpha value is -2.49. The molecule has 2 heterocycles. The summed E-state index contributed by atoms with van der Waals surface area (Å²) in [6.07, 6.45) is 0.962. The number of aliphatic hydroxyl groups is 1. The Balaban J connectivity index is 2.21. The molecule has 0 radical (unpaired) electrons. The fourth-order valence-corrected chi connectivity index (χ4v) is 3.42. The van der Waals surface area contributed by atoms with E-state index < -0.39 is 48.9 Å². The fourth-order valence-electron chi connectivity index (χ4n) is 3.42. The predicted octanol–water partition coefficient (Wildman–Crippen LogP) is 2.73. The van der Waals surface area contributed by atoms with Gasteiger partial charge in [-0.3, -0.25) is 9.36 Å². The van der Waals surface area contributed by atoms with Gasteiger partial charge in [0.1, 0.15) is 5.60 Å². The largest absolute Gasteiger partial charge is 0.456 e. The van der Waals surface area contributed by atoms with Crippen molar-refractivity contribution >= 4 is 5.97 Å². The minimum atomic E-state index is -1.97. The van der Waals surface area contributed by atoms with Gasteiger partial charge in [0.2, 0.25) is 0 Å². The van der Waals surface area contributed by atoms with Gasteiger partial charge in [-0.15, -0.1) is 0 Å². The number of aliphatic hydroxyl groups excluding tert-OH is 1. The molecule has 0 spiro atoms. The van der Waals surface area contributed by atoms with E-state index in [1.54, 1.807) is 6.92 Å². The van der Waals surface area contributed by atoms with Crippen LogP contribution in [0, 0.1) is 6.92 Å². The smallest absolute Gasteiger partial charge is 0.349 e. The summed E-state index contributed by atoms with van der Waals surface area (Å²) in [6, 6.07) is 1.50. The van der Waals surface area contributed by atoms with Gasteiger partial charge in [0, 0.05) is 23.2 Å². The van der Waals surface area contributed by atoms with Crippen LogP contribution in [-0.2, 0) is 14.3 Å². The molecule has 4 atom stereocenters. The normalized spacial score (nSPS) is 25.7. The first-order chi connectivity index (χ1) is 14.4. The number of esters is 1. The summed E-state index contributed by atoms with van der Waals surface area (Å²) in [5.41, 5.74) is 6.56. The molecule has 30 heavy (non-hydrogen) atoms. The van der Waals surface area contributed by atoms with Crippen LogP contribution in [0.25, 0.3) is 10.4 Å². The molecular weight excluding hydrogens is 397 g/mol. The summed E-state index contributed by atoms with van der Waals surface area (Å²) in [5, 5.41) is 13.3. The average molecular weight is 425 g/mol. The second-order valence-corrected chi connectivity index (χ2v) is 7.40. The molecule has 1 saturated heterocycles. The lowest BCUT2D eigenvalue weighted by atomic mass is 9.96. The molecule has 10 nitrogen and oxygen atoms in total. The fraction of sp³-hybridized carbons (Fsp3) is 0.737. The number of hydrogen-bond donors (Lipinski definition) is 1. The quantitative estimate of drug-likeness (QED) is 0.190. The highest BCUT2D eigenvalue weighted by atomic mass is 19.1. The number of halogens is 1. The summed E-state index contributed by atoms with van der Waals surface area (Å²) in [6.45, 7) is 2.45. The number of aryl methyl sites for hydroxylation is 1. The number of carbonyl (C=O) groups is 1. The lowest BCUT2D eigenvalue weighted by Crippen LogP contribution is -2.50. The summed E-state index contributed by atoms with van der Waals surface area (Å²) in [4.78, 5) is 30.9. The molecule has 1 aliphatic heterocycles. The van der Waals surface area contributed by atoms with E-state index in [9.17, 15) is 14.7 Å². The third kappa shape index (κ3) is 5.56. The lowest BCUT2D eigenvalue weighted by Gasteiger charge is -2.30. The summed E-state index contributed by atoms with van der Waals surface area (Å²) < 4.78 is 27.2. The van der Waals surface area contributed by atoms with Gasteiger partial charge in [0.25, 0.3) is 0 Å². The molecule has 1 aliphatic rings. The Morgan fingerprint density at radius 2 is 2.20 bits per heavy atom. The highest BCUT2D eigenvalue weighted by Crippen LogP contribution is 2.41. The lowest BCUT2D eigenvalue weighted by molar-refractivity contribution is -0.167. The molecule has 0 bridgehead atoms. The van der Waals surface area contributed by atoms with Crippen LogP contribution >= 0.6 is 0 Å². The first kappa shape index (κ1) is 23.8. The zero-order valence-electron chi connectivity index (χ0n) is 17.2. The summed E-state index contributed by atoms with van der Waals surface area (Å²) >= 11 is 0. The molecule has 1 aromatic heterocycles. The monoisotopic (exact) mass is 425 g/mol. The van der Waals surface area contributed by atoms with Crippen LogP contribution in [0.3, 0.4) is 0 Å². The number of azide groups is 1. The number of carbonyl (C=O) groups excluding carboxylic acids is 1. The number of nitrogens with zero attached hydrogens (tertiary/aromatic N) is 5. The molecule has 0 aliphatic carbocycles. The second kappa shape index (κ2) is 11.1. The van der Waals surface area contributed by atoms with Crippen molar-refractivity contribution in [2.75, 3.05) is 13.2 Å². The molecule has 1 aromatic rings. The maximum atomic E-state index is 15.3. The molecular formula is C19H28FN5O5. The maximum absolute atomic E-state index is 15.3. The Morgan fingerprint density at radius 3 is 2.83 bits per heavy atom. The van der Waals surface area contributed by atoms with Crippen molar-refractivity contribution < 1.29 is 23.8 Å². The van der Waals surface area contributed by atoms with Crippen molar-refractivity contribution in [3.8, 4) is 0 Å². The zero-order valence-corrected chi connectivity index (χ0v) is 17.2. The van der Waals surface area contributed by atoms with Gasteiger partial charge in [-0.25, -0.2) is 9.18 Å². The average Bonchev–Trinajstić information content (AvgIpc) is 2.98. The highest BCUT2D eigenvalue weighted by molar-refractivity contribution is 5.69. The van der Waals surface area contributed by atoms with Gasteiger partial charge in [0.05, 0.1) is 13.2 Å². The topological polar surface area (TPSA) is 139 Å². The van der Waals surface area contributed by atoms with E-state index >= 15 is 4.39 Å². The van der Waals surface area contributed by atoms with Crippen molar-refractivity contribution in [3.05, 3.63) is 38.9 Å². The Bertz CT molecular complexity index is 828. The Kier molecular flexibility index (Phi) is 8.76. The maximum Gasteiger partial charge on any atom is 0.349 e. The van der Waals surface area contributed by atoms with Gasteiger partial charge >= 0.3 is 11.7 Å². The third-order valence-electron chi connectivity index (χ3n) is 5.09. The zero-order chi connectivity index (χ0) is 22.1. The van der Waals surface area contributed by atoms with E-state index in [1.807, 2.05) is 0 Å². The molecule has 11 heteroatoms. The first-order valence-corrected chi connectivity index (χ1v) is 10.1. The molecule has 166 valence electrons. The van der Waals surface area contributed by atoms with E-state index in [4.69, 9.17) is 15.0 Å². The number of hydrogen-bond acceptors (Lipinski definition) is 7. The molecule has 0 unspecified atom stereocenters. The van der Waals surface area contributed by atoms with E-state index in [2.05, 4.69) is 21.9 Å². The highest BCUT2D eigenvalue weighted by Gasteiger charge is 2.58. The van der Waals surface area contributed by atoms with E-state index in [1.165, 1.54) is 12.3 Å². The Morgan fingerprint density at radius 1 is 1.47 bits per heavy atom. The number of ether oxygens (including phenoxy) is 2. The van der Waals surface area contributed by atoms with E-state index in [0.717, 1.165) is 30.3 Å². The number of rotatable bonds is 11. The van der Waals surface area contributed by atoms with E-state index in [-0.39, 0.29) is 6.42 Å². The van der Waals surface area contributed by atoms with Gasteiger partial charge in [-0.1, -0.05) is 37.7 Å². The van der Waals surface area contributed by atoms with Crippen LogP contribution in [0.5, 0.6) is 0 Å². The molecule has 1 N–H and O–H groups in total. The van der Waals surface area contributed by atoms with Crippen molar-refractivity contribution in [2.24, 2.45) is 5.11 Å². The number of aromatic nitrogens is 2. The van der Waals surface area contributed by atoms with Crippen LogP contribution < -0.4 is 5.69 Å². The molecule has 0 aromatic carbocycles. The molecule has 2 rings (SSSR count). The Labute approximate surface area is 173 Å². The van der Waals surface area contributed by atoms with Gasteiger partial charge in [0.15, 0.2) is 18.5 Å². The van der Waals surface area contributed by atoms with Crippen LogP contribution in [0.2, 0.25) is 0 Å². The van der Waals surface area contributed by atoms with Crippen LogP contribution in [0.15, 0.2) is 22.2 Å². The summed E-state index contributed by atoms with van der Waals surface area (Å²) in [5.74, 6) is -0.642. The number of unbranched alkanes of at least 4 members (excludes halogenated alkanes) is 4.